The number of piperazine rings is 2. The van der Waals surface area contributed by atoms with Crippen molar-refractivity contribution < 1.29 is 36.3 Å². The van der Waals surface area contributed by atoms with Gasteiger partial charge in [0.15, 0.2) is 0 Å². The first-order chi connectivity index (χ1) is 17.3. The van der Waals surface area contributed by atoms with Crippen LogP contribution in [0.25, 0.3) is 0 Å². The smallest absolute Gasteiger partial charge is 0.475 e. The first kappa shape index (κ1) is 31.0. The standard InChI is InChI=1S/C21H35N5O3S.C2HF3O2/c1-3-19-4-6-20(7-5-19)30(28,29)26(17-16-24-14-12-23(2)13-15-24)18-21(27)25-10-8-22-9-11-25;3-2(4,5)1(6)7/h4-7,22H,3,8-18H2,1-2H3;(H,6,7). The molecule has 0 bridgehead atoms. The topological polar surface area (TPSA) is 114 Å². The summed E-state index contributed by atoms with van der Waals surface area (Å²) >= 11 is 0. The minimum Gasteiger partial charge on any atom is -0.475 e. The molecule has 1 aromatic rings. The molecule has 2 heterocycles. The van der Waals surface area contributed by atoms with Crippen molar-refractivity contribution in [2.75, 3.05) is 79.0 Å². The highest BCUT2D eigenvalue weighted by atomic mass is 32.2. The number of carboxylic acid groups (broad SMARTS) is 1. The third kappa shape index (κ3) is 9.85. The Hall–Kier alpha value is -2.26. The van der Waals surface area contributed by atoms with Gasteiger partial charge < -0.3 is 20.2 Å². The Morgan fingerprint density at radius 1 is 1.03 bits per heavy atom. The second kappa shape index (κ2) is 14.0. The Balaban J connectivity index is 0.000000604. The van der Waals surface area contributed by atoms with Gasteiger partial charge in [0.05, 0.1) is 11.4 Å². The number of sulfonamides is 1. The number of alkyl halides is 3. The molecular weight excluding hydrogens is 515 g/mol. The maximum absolute atomic E-state index is 13.4. The minimum atomic E-state index is -5.08. The van der Waals surface area contributed by atoms with Crippen LogP contribution in [-0.4, -0.2) is 130 Å². The van der Waals surface area contributed by atoms with E-state index >= 15 is 0 Å². The van der Waals surface area contributed by atoms with Crippen LogP contribution in [0.3, 0.4) is 0 Å². The van der Waals surface area contributed by atoms with Crippen molar-refractivity contribution in [1.29, 1.82) is 0 Å². The number of nitrogens with zero attached hydrogens (tertiary/aromatic N) is 4. The molecule has 0 atom stereocenters. The van der Waals surface area contributed by atoms with Crippen molar-refractivity contribution >= 4 is 21.9 Å². The van der Waals surface area contributed by atoms with Crippen molar-refractivity contribution in [3.8, 4) is 0 Å². The fourth-order valence-corrected chi connectivity index (χ4v) is 5.20. The Morgan fingerprint density at radius 3 is 2.05 bits per heavy atom. The summed E-state index contributed by atoms with van der Waals surface area (Å²) in [5.74, 6) is -2.88. The number of carboxylic acids is 1. The summed E-state index contributed by atoms with van der Waals surface area (Å²) in [4.78, 5) is 28.3. The second-order valence-electron chi connectivity index (χ2n) is 8.91. The van der Waals surface area contributed by atoms with E-state index in [0.29, 0.717) is 26.2 Å². The van der Waals surface area contributed by atoms with Crippen molar-refractivity contribution in [2.45, 2.75) is 24.4 Å². The summed E-state index contributed by atoms with van der Waals surface area (Å²) in [6.07, 6.45) is -4.23. The van der Waals surface area contributed by atoms with Gasteiger partial charge in [0, 0.05) is 65.4 Å². The first-order valence-electron chi connectivity index (χ1n) is 12.1. The van der Waals surface area contributed by atoms with Crippen LogP contribution in [0.2, 0.25) is 0 Å². The molecule has 1 aromatic carbocycles. The lowest BCUT2D eigenvalue weighted by atomic mass is 10.2. The molecule has 1 amide bonds. The Labute approximate surface area is 216 Å². The van der Waals surface area contributed by atoms with Gasteiger partial charge >= 0.3 is 12.1 Å². The van der Waals surface area contributed by atoms with Crippen LogP contribution in [0.1, 0.15) is 12.5 Å². The zero-order valence-corrected chi connectivity index (χ0v) is 22.0. The molecule has 0 aromatic heterocycles. The van der Waals surface area contributed by atoms with E-state index in [1.54, 1.807) is 17.0 Å². The number of likely N-dealkylation sites (N-methyl/N-ethyl adjacent to an activating group) is 1. The van der Waals surface area contributed by atoms with Crippen LogP contribution in [0.5, 0.6) is 0 Å². The Kier molecular flexibility index (Phi) is 11.8. The quantitative estimate of drug-likeness (QED) is 0.482. The van der Waals surface area contributed by atoms with Gasteiger partial charge in [-0.25, -0.2) is 13.2 Å². The third-order valence-electron chi connectivity index (χ3n) is 6.25. The molecule has 2 fully saturated rings. The lowest BCUT2D eigenvalue weighted by Crippen LogP contribution is -2.52. The molecule has 210 valence electrons. The fraction of sp³-hybridized carbons (Fsp3) is 0.652. The highest BCUT2D eigenvalue weighted by Crippen LogP contribution is 2.18. The van der Waals surface area contributed by atoms with Crippen LogP contribution in [-0.2, 0) is 26.0 Å². The summed E-state index contributed by atoms with van der Waals surface area (Å²) in [6, 6.07) is 7.02. The van der Waals surface area contributed by atoms with E-state index in [4.69, 9.17) is 9.90 Å². The van der Waals surface area contributed by atoms with Crippen molar-refractivity contribution in [3.63, 3.8) is 0 Å². The van der Waals surface area contributed by atoms with E-state index in [1.807, 2.05) is 19.1 Å². The number of carbonyl (C=O) groups excluding carboxylic acids is 1. The predicted octanol–water partition coefficient (Wildman–Crippen LogP) is 0.552. The monoisotopic (exact) mass is 551 g/mol. The summed E-state index contributed by atoms with van der Waals surface area (Å²) in [5, 5.41) is 10.4. The maximum atomic E-state index is 13.4. The molecule has 2 saturated heterocycles. The number of hydrogen-bond donors (Lipinski definition) is 2. The first-order valence-corrected chi connectivity index (χ1v) is 13.6. The summed E-state index contributed by atoms with van der Waals surface area (Å²) in [5.41, 5.74) is 1.09. The molecule has 2 aliphatic heterocycles. The number of amides is 1. The molecule has 0 spiro atoms. The summed E-state index contributed by atoms with van der Waals surface area (Å²) in [7, 11) is -1.64. The van der Waals surface area contributed by atoms with Crippen LogP contribution in [0, 0.1) is 0 Å². The molecule has 0 radical (unpaired) electrons. The molecule has 10 nitrogen and oxygen atoms in total. The summed E-state index contributed by atoms with van der Waals surface area (Å²) in [6.45, 7) is 9.42. The van der Waals surface area contributed by atoms with Crippen LogP contribution >= 0.6 is 0 Å². The lowest BCUT2D eigenvalue weighted by molar-refractivity contribution is -0.192. The van der Waals surface area contributed by atoms with Crippen LogP contribution in [0.15, 0.2) is 29.2 Å². The molecule has 2 N–H and O–H groups in total. The molecular formula is C23H36F3N5O5S. The Bertz CT molecular complexity index is 977. The van der Waals surface area contributed by atoms with E-state index in [9.17, 15) is 26.4 Å². The number of halogens is 3. The largest absolute Gasteiger partial charge is 0.490 e. The van der Waals surface area contributed by atoms with Gasteiger partial charge in [-0.05, 0) is 31.2 Å². The number of hydrogen-bond acceptors (Lipinski definition) is 7. The fourth-order valence-electron chi connectivity index (χ4n) is 3.82. The number of rotatable bonds is 8. The number of benzene rings is 1. The van der Waals surface area contributed by atoms with Crippen molar-refractivity contribution in [3.05, 3.63) is 29.8 Å². The molecule has 0 aliphatic carbocycles. The third-order valence-corrected chi connectivity index (χ3v) is 8.11. The molecule has 3 rings (SSSR count). The van der Waals surface area contributed by atoms with Crippen molar-refractivity contribution in [2.24, 2.45) is 0 Å². The lowest BCUT2D eigenvalue weighted by Gasteiger charge is -2.34. The number of nitrogens with one attached hydrogen (secondary N) is 1. The molecule has 2 aliphatic rings. The van der Waals surface area contributed by atoms with E-state index in [-0.39, 0.29) is 17.3 Å². The van der Waals surface area contributed by atoms with Gasteiger partial charge in [-0.15, -0.1) is 0 Å². The molecule has 0 saturated carbocycles. The van der Waals surface area contributed by atoms with Crippen molar-refractivity contribution in [1.82, 2.24) is 24.3 Å². The van der Waals surface area contributed by atoms with Gasteiger partial charge in [-0.1, -0.05) is 19.1 Å². The van der Waals surface area contributed by atoms with Crippen LogP contribution in [0.4, 0.5) is 13.2 Å². The van der Waals surface area contributed by atoms with E-state index in [2.05, 4.69) is 22.2 Å². The predicted molar refractivity (Wildman–Crippen MR) is 132 cm³/mol. The van der Waals surface area contributed by atoms with Crippen LogP contribution < -0.4 is 5.32 Å². The maximum Gasteiger partial charge on any atom is 0.490 e. The molecule has 37 heavy (non-hydrogen) atoms. The minimum absolute atomic E-state index is 0.106. The van der Waals surface area contributed by atoms with Gasteiger partial charge in [-0.2, -0.15) is 17.5 Å². The number of aryl methyl sites for hydroxylation is 1. The molecule has 0 unspecified atom stereocenters. The highest BCUT2D eigenvalue weighted by molar-refractivity contribution is 7.89. The number of aliphatic carboxylic acids is 1. The highest BCUT2D eigenvalue weighted by Gasteiger charge is 2.38. The second-order valence-corrected chi connectivity index (χ2v) is 10.9. The number of carbonyl (C=O) groups is 2. The van der Waals surface area contributed by atoms with E-state index in [0.717, 1.165) is 51.3 Å². The Morgan fingerprint density at radius 2 is 1.57 bits per heavy atom. The van der Waals surface area contributed by atoms with E-state index in [1.165, 1.54) is 4.31 Å². The van der Waals surface area contributed by atoms with Gasteiger partial charge in [0.2, 0.25) is 15.9 Å². The zero-order chi connectivity index (χ0) is 27.6. The normalized spacial score (nSPS) is 17.8. The average Bonchev–Trinajstić information content (AvgIpc) is 2.87. The van der Waals surface area contributed by atoms with Gasteiger partial charge in [-0.3, -0.25) is 9.69 Å². The zero-order valence-electron chi connectivity index (χ0n) is 21.2. The average molecular weight is 552 g/mol. The van der Waals surface area contributed by atoms with E-state index < -0.39 is 22.2 Å². The summed E-state index contributed by atoms with van der Waals surface area (Å²) < 4.78 is 59.9. The van der Waals surface area contributed by atoms with Gasteiger partial charge in [0.1, 0.15) is 0 Å². The van der Waals surface area contributed by atoms with Gasteiger partial charge in [0.25, 0.3) is 0 Å². The SMILES string of the molecule is CCc1ccc(S(=O)(=O)N(CCN2CCN(C)CC2)CC(=O)N2CCNCC2)cc1.O=C(O)C(F)(F)F. The molecule has 14 heteroatoms.